The van der Waals surface area contributed by atoms with Crippen molar-refractivity contribution >= 4 is 12.0 Å². The molecule has 0 rings (SSSR count). The molecule has 6 heteroatoms. The molecule has 17 heavy (non-hydrogen) atoms. The summed E-state index contributed by atoms with van der Waals surface area (Å²) in [6.45, 7) is 8.03. The van der Waals surface area contributed by atoms with Crippen LogP contribution in [0.4, 0.5) is 4.79 Å². The molecule has 0 unspecified atom stereocenters. The van der Waals surface area contributed by atoms with Gasteiger partial charge in [0, 0.05) is 13.0 Å². The van der Waals surface area contributed by atoms with Crippen LogP contribution in [0, 0.1) is 0 Å². The van der Waals surface area contributed by atoms with E-state index in [2.05, 4.69) is 10.6 Å². The molecule has 2 atom stereocenters. The Morgan fingerprint density at radius 2 is 1.82 bits per heavy atom. The van der Waals surface area contributed by atoms with Crippen LogP contribution in [0.2, 0.25) is 0 Å². The summed E-state index contributed by atoms with van der Waals surface area (Å²) >= 11 is 0. The first-order valence-corrected chi connectivity index (χ1v) is 5.53. The maximum absolute atomic E-state index is 11.5. The minimum atomic E-state index is -0.617. The molecule has 0 bridgehead atoms. The number of alkyl carbamates (subject to hydrolysis) is 1. The fraction of sp³-hybridized carbons (Fsp3) is 0.818. The molecule has 0 aromatic carbocycles. The molecular formula is C11H22N2O4. The van der Waals surface area contributed by atoms with E-state index in [1.807, 2.05) is 0 Å². The van der Waals surface area contributed by atoms with Gasteiger partial charge < -0.3 is 20.5 Å². The summed E-state index contributed by atoms with van der Waals surface area (Å²) in [5.74, 6) is -0.220. The summed E-state index contributed by atoms with van der Waals surface area (Å²) in [7, 11) is 0. The second-order valence-corrected chi connectivity index (χ2v) is 4.92. The Hall–Kier alpha value is -1.30. The van der Waals surface area contributed by atoms with Crippen molar-refractivity contribution in [3.63, 3.8) is 0 Å². The molecule has 6 nitrogen and oxygen atoms in total. The summed E-state index contributed by atoms with van der Waals surface area (Å²) in [6.07, 6.45) is -0.617. The molecule has 0 saturated carbocycles. The van der Waals surface area contributed by atoms with Gasteiger partial charge in [0.2, 0.25) is 5.91 Å². The fourth-order valence-electron chi connectivity index (χ4n) is 1.21. The van der Waals surface area contributed by atoms with E-state index in [4.69, 9.17) is 9.84 Å². The number of hydrogen-bond acceptors (Lipinski definition) is 4. The number of hydrogen-bond donors (Lipinski definition) is 3. The quantitative estimate of drug-likeness (QED) is 0.670. The summed E-state index contributed by atoms with van der Waals surface area (Å²) in [5.41, 5.74) is -0.596. The van der Waals surface area contributed by atoms with E-state index in [9.17, 15) is 9.59 Å². The predicted molar refractivity (Wildman–Crippen MR) is 63.5 cm³/mol. The van der Waals surface area contributed by atoms with Crippen molar-refractivity contribution in [2.75, 3.05) is 6.61 Å². The third-order valence-electron chi connectivity index (χ3n) is 1.93. The van der Waals surface area contributed by atoms with Crippen molar-refractivity contribution in [3.8, 4) is 0 Å². The maximum Gasteiger partial charge on any atom is 0.408 e. The molecule has 0 spiro atoms. The van der Waals surface area contributed by atoms with Crippen LogP contribution in [0.1, 0.15) is 34.6 Å². The molecule has 0 aliphatic carbocycles. The van der Waals surface area contributed by atoms with Crippen molar-refractivity contribution in [2.45, 2.75) is 52.3 Å². The van der Waals surface area contributed by atoms with Gasteiger partial charge in [-0.25, -0.2) is 4.79 Å². The molecule has 0 heterocycles. The molecule has 0 aliphatic rings. The molecule has 0 saturated heterocycles. The number of carbonyl (C=O) groups excluding carboxylic acids is 2. The van der Waals surface area contributed by atoms with E-state index in [0.29, 0.717) is 0 Å². The van der Waals surface area contributed by atoms with Gasteiger partial charge in [0.15, 0.2) is 0 Å². The number of carbonyl (C=O) groups is 2. The lowest BCUT2D eigenvalue weighted by molar-refractivity contribution is -0.119. The summed E-state index contributed by atoms with van der Waals surface area (Å²) in [5, 5.41) is 14.2. The SMILES string of the molecule is CC(=O)N[C@H](C)[C@@H](CO)NC(=O)OC(C)(C)C. The van der Waals surface area contributed by atoms with Crippen LogP contribution in [0.15, 0.2) is 0 Å². The van der Waals surface area contributed by atoms with Crippen LogP contribution >= 0.6 is 0 Å². The zero-order valence-corrected chi connectivity index (χ0v) is 11.0. The summed E-state index contributed by atoms with van der Waals surface area (Å²) < 4.78 is 5.05. The Labute approximate surface area is 102 Å². The van der Waals surface area contributed by atoms with Crippen molar-refractivity contribution in [2.24, 2.45) is 0 Å². The number of amides is 2. The highest BCUT2D eigenvalue weighted by Gasteiger charge is 2.23. The van der Waals surface area contributed by atoms with Gasteiger partial charge in [-0.2, -0.15) is 0 Å². The van der Waals surface area contributed by atoms with Gasteiger partial charge in [-0.05, 0) is 27.7 Å². The number of ether oxygens (including phenoxy) is 1. The minimum Gasteiger partial charge on any atom is -0.444 e. The molecular weight excluding hydrogens is 224 g/mol. The Kier molecular flexibility index (Phi) is 5.95. The van der Waals surface area contributed by atoms with Gasteiger partial charge in [0.1, 0.15) is 5.60 Å². The summed E-state index contributed by atoms with van der Waals surface area (Å²) in [4.78, 5) is 22.3. The van der Waals surface area contributed by atoms with E-state index >= 15 is 0 Å². The van der Waals surface area contributed by atoms with Crippen molar-refractivity contribution in [3.05, 3.63) is 0 Å². The maximum atomic E-state index is 11.5. The smallest absolute Gasteiger partial charge is 0.408 e. The lowest BCUT2D eigenvalue weighted by Gasteiger charge is -2.26. The number of aliphatic hydroxyl groups excluding tert-OH is 1. The topological polar surface area (TPSA) is 87.7 Å². The third kappa shape index (κ3) is 7.57. The Balaban J connectivity index is 4.30. The minimum absolute atomic E-state index is 0.220. The highest BCUT2D eigenvalue weighted by Crippen LogP contribution is 2.07. The average molecular weight is 246 g/mol. The highest BCUT2D eigenvalue weighted by molar-refractivity contribution is 5.73. The van der Waals surface area contributed by atoms with Crippen LogP contribution in [0.25, 0.3) is 0 Å². The lowest BCUT2D eigenvalue weighted by atomic mass is 10.1. The second-order valence-electron chi connectivity index (χ2n) is 4.92. The predicted octanol–water partition coefficient (Wildman–Crippen LogP) is 0.397. The van der Waals surface area contributed by atoms with Gasteiger partial charge in [0.05, 0.1) is 12.6 Å². The lowest BCUT2D eigenvalue weighted by Crippen LogP contribution is -2.52. The zero-order valence-electron chi connectivity index (χ0n) is 11.0. The van der Waals surface area contributed by atoms with E-state index in [0.717, 1.165) is 0 Å². The summed E-state index contributed by atoms with van der Waals surface area (Å²) in [6, 6.07) is -0.946. The molecule has 0 aromatic heterocycles. The van der Waals surface area contributed by atoms with Crippen LogP contribution in [0.5, 0.6) is 0 Å². The number of aliphatic hydroxyl groups is 1. The zero-order chi connectivity index (χ0) is 13.6. The third-order valence-corrected chi connectivity index (χ3v) is 1.93. The van der Waals surface area contributed by atoms with Crippen molar-refractivity contribution < 1.29 is 19.4 Å². The van der Waals surface area contributed by atoms with Gasteiger partial charge in [-0.15, -0.1) is 0 Å². The average Bonchev–Trinajstić information content (AvgIpc) is 2.09. The van der Waals surface area contributed by atoms with E-state index in [1.54, 1.807) is 27.7 Å². The van der Waals surface area contributed by atoms with Crippen LogP contribution in [0.3, 0.4) is 0 Å². The van der Waals surface area contributed by atoms with Crippen LogP contribution in [-0.4, -0.2) is 41.4 Å². The molecule has 3 N–H and O–H groups in total. The fourth-order valence-corrected chi connectivity index (χ4v) is 1.21. The van der Waals surface area contributed by atoms with Gasteiger partial charge in [-0.1, -0.05) is 0 Å². The first-order valence-electron chi connectivity index (χ1n) is 5.53. The van der Waals surface area contributed by atoms with Crippen molar-refractivity contribution in [1.82, 2.24) is 10.6 Å². The van der Waals surface area contributed by atoms with Crippen molar-refractivity contribution in [1.29, 1.82) is 0 Å². The molecule has 0 aliphatic heterocycles. The molecule has 0 radical (unpaired) electrons. The Morgan fingerprint density at radius 3 is 2.18 bits per heavy atom. The Bertz CT molecular complexity index is 273. The Morgan fingerprint density at radius 1 is 1.29 bits per heavy atom. The second kappa shape index (κ2) is 6.44. The number of rotatable bonds is 4. The largest absolute Gasteiger partial charge is 0.444 e. The van der Waals surface area contributed by atoms with E-state index in [1.165, 1.54) is 6.92 Å². The molecule has 2 amide bonds. The standard InChI is InChI=1S/C11H22N2O4/c1-7(12-8(2)15)9(6-14)13-10(16)17-11(3,4)5/h7,9,14H,6H2,1-5H3,(H,12,15)(H,13,16)/t7-,9-/m1/s1. The molecule has 0 aromatic rings. The monoisotopic (exact) mass is 246 g/mol. The van der Waals surface area contributed by atoms with Gasteiger partial charge in [-0.3, -0.25) is 4.79 Å². The number of nitrogens with one attached hydrogen (secondary N) is 2. The van der Waals surface area contributed by atoms with E-state index < -0.39 is 17.7 Å². The first-order chi connectivity index (χ1) is 7.65. The van der Waals surface area contributed by atoms with Gasteiger partial charge >= 0.3 is 6.09 Å². The molecule has 0 fully saturated rings. The van der Waals surface area contributed by atoms with Crippen LogP contribution in [-0.2, 0) is 9.53 Å². The first kappa shape index (κ1) is 15.7. The van der Waals surface area contributed by atoms with Crippen LogP contribution < -0.4 is 10.6 Å². The molecule has 100 valence electrons. The van der Waals surface area contributed by atoms with Gasteiger partial charge in [0.25, 0.3) is 0 Å². The normalized spacial score (nSPS) is 14.7. The highest BCUT2D eigenvalue weighted by atomic mass is 16.6. The van der Waals surface area contributed by atoms with E-state index in [-0.39, 0.29) is 18.6 Å².